The molecule has 1 heterocycles. The molecule has 3 nitrogen and oxygen atoms in total. The van der Waals surface area contributed by atoms with E-state index in [9.17, 15) is 9.59 Å². The Morgan fingerprint density at radius 3 is 1.81 bits per heavy atom. The van der Waals surface area contributed by atoms with Crippen LogP contribution in [0.2, 0.25) is 0 Å². The Morgan fingerprint density at radius 1 is 0.815 bits per heavy atom. The molecule has 0 aromatic heterocycles. The topological polar surface area (TPSA) is 37.4 Å². The maximum atomic E-state index is 12.1. The second-order valence-corrected chi connectivity index (χ2v) is 8.23. The molecule has 0 aromatic carbocycles. The molecule has 1 aliphatic rings. The SMILES string of the molecule is CCCCCCCCCCCC/C=C(\C)C(CCCC)N1C(=O)CCC1=O. The first kappa shape index (κ1) is 23.9. The van der Waals surface area contributed by atoms with Crippen LogP contribution in [0.4, 0.5) is 0 Å². The van der Waals surface area contributed by atoms with E-state index < -0.39 is 0 Å². The fraction of sp³-hybridized carbons (Fsp3) is 0.833. The van der Waals surface area contributed by atoms with Gasteiger partial charge in [-0.2, -0.15) is 0 Å². The van der Waals surface area contributed by atoms with Crippen LogP contribution in [0.1, 0.15) is 124 Å². The van der Waals surface area contributed by atoms with Crippen LogP contribution < -0.4 is 0 Å². The van der Waals surface area contributed by atoms with Gasteiger partial charge in [0.2, 0.25) is 11.8 Å². The summed E-state index contributed by atoms with van der Waals surface area (Å²) in [7, 11) is 0. The molecular weight excluding hydrogens is 334 g/mol. The number of carbonyl (C=O) groups excluding carboxylic acids is 2. The molecule has 27 heavy (non-hydrogen) atoms. The molecule has 0 N–H and O–H groups in total. The second kappa shape index (κ2) is 14.9. The Labute approximate surface area is 168 Å². The Morgan fingerprint density at radius 2 is 1.30 bits per heavy atom. The van der Waals surface area contributed by atoms with Crippen LogP contribution in [0.25, 0.3) is 0 Å². The van der Waals surface area contributed by atoms with Crippen LogP contribution in [-0.2, 0) is 9.59 Å². The molecule has 1 atom stereocenters. The number of unbranched alkanes of at least 4 members (excludes halogenated alkanes) is 11. The molecule has 0 aliphatic carbocycles. The van der Waals surface area contributed by atoms with Crippen molar-refractivity contribution in [2.24, 2.45) is 0 Å². The smallest absolute Gasteiger partial charge is 0.230 e. The van der Waals surface area contributed by atoms with E-state index in [1.54, 1.807) is 4.90 Å². The summed E-state index contributed by atoms with van der Waals surface area (Å²) < 4.78 is 0. The van der Waals surface area contributed by atoms with E-state index in [4.69, 9.17) is 0 Å². The van der Waals surface area contributed by atoms with Gasteiger partial charge in [-0.25, -0.2) is 0 Å². The van der Waals surface area contributed by atoms with E-state index in [1.165, 1.54) is 69.8 Å². The average Bonchev–Trinajstić information content (AvgIpc) is 2.99. The molecular formula is C24H43NO2. The van der Waals surface area contributed by atoms with Crippen LogP contribution in [-0.4, -0.2) is 22.8 Å². The summed E-state index contributed by atoms with van der Waals surface area (Å²) in [5.74, 6) is 0.0422. The molecule has 1 unspecified atom stereocenters. The summed E-state index contributed by atoms with van der Waals surface area (Å²) in [6.45, 7) is 6.53. The summed E-state index contributed by atoms with van der Waals surface area (Å²) in [6.07, 6.45) is 20.7. The van der Waals surface area contributed by atoms with Crippen molar-refractivity contribution in [1.82, 2.24) is 4.90 Å². The van der Waals surface area contributed by atoms with Crippen molar-refractivity contribution in [2.75, 3.05) is 0 Å². The van der Waals surface area contributed by atoms with Gasteiger partial charge in [-0.1, -0.05) is 96.1 Å². The fourth-order valence-corrected chi connectivity index (χ4v) is 4.00. The molecule has 3 heteroatoms. The van der Waals surface area contributed by atoms with E-state index in [0.29, 0.717) is 12.8 Å². The number of likely N-dealkylation sites (tertiary alicyclic amines) is 1. The van der Waals surface area contributed by atoms with Crippen LogP contribution in [0.3, 0.4) is 0 Å². The van der Waals surface area contributed by atoms with Gasteiger partial charge >= 0.3 is 0 Å². The quantitative estimate of drug-likeness (QED) is 0.166. The monoisotopic (exact) mass is 377 g/mol. The Bertz CT molecular complexity index is 439. The van der Waals surface area contributed by atoms with E-state index in [-0.39, 0.29) is 17.9 Å². The Kier molecular flexibility index (Phi) is 13.2. The van der Waals surface area contributed by atoms with Crippen LogP contribution in [0.5, 0.6) is 0 Å². The number of hydrogen-bond acceptors (Lipinski definition) is 2. The van der Waals surface area contributed by atoms with Gasteiger partial charge in [-0.05, 0) is 26.2 Å². The summed E-state index contributed by atoms with van der Waals surface area (Å²) >= 11 is 0. The molecule has 1 rings (SSSR count). The van der Waals surface area contributed by atoms with E-state index in [0.717, 1.165) is 25.7 Å². The summed E-state index contributed by atoms with van der Waals surface area (Å²) in [5, 5.41) is 0. The van der Waals surface area contributed by atoms with E-state index in [1.807, 2.05) is 0 Å². The molecule has 156 valence electrons. The third-order valence-corrected chi connectivity index (χ3v) is 5.78. The third kappa shape index (κ3) is 9.58. The zero-order valence-corrected chi connectivity index (χ0v) is 18.2. The van der Waals surface area contributed by atoms with Crippen molar-refractivity contribution >= 4 is 11.8 Å². The molecule has 2 amide bonds. The number of allylic oxidation sites excluding steroid dienone is 1. The van der Waals surface area contributed by atoms with E-state index in [2.05, 4.69) is 26.8 Å². The minimum absolute atomic E-state index is 0.00410. The fourth-order valence-electron chi connectivity index (χ4n) is 4.00. The van der Waals surface area contributed by atoms with Gasteiger partial charge in [0.15, 0.2) is 0 Å². The van der Waals surface area contributed by atoms with Gasteiger partial charge in [0.1, 0.15) is 0 Å². The van der Waals surface area contributed by atoms with Gasteiger partial charge in [0.05, 0.1) is 6.04 Å². The van der Waals surface area contributed by atoms with Crippen molar-refractivity contribution < 1.29 is 9.59 Å². The van der Waals surface area contributed by atoms with Gasteiger partial charge in [-0.3, -0.25) is 14.5 Å². The predicted octanol–water partition coefficient (Wildman–Crippen LogP) is 6.95. The zero-order chi connectivity index (χ0) is 19.9. The highest BCUT2D eigenvalue weighted by Crippen LogP contribution is 2.24. The summed E-state index contributed by atoms with van der Waals surface area (Å²) in [6, 6.07) is -0.00410. The minimum atomic E-state index is -0.00410. The highest BCUT2D eigenvalue weighted by molar-refractivity contribution is 6.02. The Balaban J connectivity index is 2.27. The molecule has 1 fully saturated rings. The Hall–Kier alpha value is -1.12. The lowest BCUT2D eigenvalue weighted by atomic mass is 9.98. The van der Waals surface area contributed by atoms with E-state index >= 15 is 0 Å². The number of carbonyl (C=O) groups is 2. The molecule has 1 saturated heterocycles. The highest BCUT2D eigenvalue weighted by atomic mass is 16.2. The minimum Gasteiger partial charge on any atom is -0.275 e. The van der Waals surface area contributed by atoms with Crippen LogP contribution in [0, 0.1) is 0 Å². The van der Waals surface area contributed by atoms with Crippen molar-refractivity contribution in [3.8, 4) is 0 Å². The van der Waals surface area contributed by atoms with Gasteiger partial charge in [0.25, 0.3) is 0 Å². The van der Waals surface area contributed by atoms with Gasteiger partial charge in [0, 0.05) is 12.8 Å². The predicted molar refractivity (Wildman–Crippen MR) is 115 cm³/mol. The highest BCUT2D eigenvalue weighted by Gasteiger charge is 2.35. The lowest BCUT2D eigenvalue weighted by molar-refractivity contribution is -0.140. The van der Waals surface area contributed by atoms with Gasteiger partial charge < -0.3 is 0 Å². The number of hydrogen-bond donors (Lipinski definition) is 0. The first-order valence-electron chi connectivity index (χ1n) is 11.6. The normalized spacial score (nSPS) is 16.4. The third-order valence-electron chi connectivity index (χ3n) is 5.78. The molecule has 0 bridgehead atoms. The second-order valence-electron chi connectivity index (χ2n) is 8.23. The van der Waals surface area contributed by atoms with Crippen LogP contribution in [0.15, 0.2) is 11.6 Å². The molecule has 1 aliphatic heterocycles. The average molecular weight is 378 g/mol. The van der Waals surface area contributed by atoms with Crippen molar-refractivity contribution in [3.63, 3.8) is 0 Å². The van der Waals surface area contributed by atoms with Gasteiger partial charge in [-0.15, -0.1) is 0 Å². The first-order chi connectivity index (χ1) is 13.1. The summed E-state index contributed by atoms with van der Waals surface area (Å²) in [4.78, 5) is 25.8. The number of imide groups is 1. The van der Waals surface area contributed by atoms with Crippen molar-refractivity contribution in [2.45, 2.75) is 130 Å². The maximum Gasteiger partial charge on any atom is 0.230 e. The lowest BCUT2D eigenvalue weighted by Gasteiger charge is -2.27. The van der Waals surface area contributed by atoms with Crippen molar-refractivity contribution in [3.05, 3.63) is 11.6 Å². The molecule has 0 radical (unpaired) electrons. The largest absolute Gasteiger partial charge is 0.275 e. The zero-order valence-electron chi connectivity index (χ0n) is 18.2. The maximum absolute atomic E-state index is 12.1. The lowest BCUT2D eigenvalue weighted by Crippen LogP contribution is -2.40. The molecule has 0 aromatic rings. The number of rotatable bonds is 16. The number of nitrogens with zero attached hydrogens (tertiary/aromatic N) is 1. The first-order valence-corrected chi connectivity index (χ1v) is 11.6. The summed E-state index contributed by atoms with van der Waals surface area (Å²) in [5.41, 5.74) is 1.21. The molecule has 0 saturated carbocycles. The standard InChI is InChI=1S/C24H43NO2/c1-4-6-8-9-10-11-12-13-14-15-16-17-21(3)22(18-7-5-2)25-23(26)19-20-24(25)27/h17,22H,4-16,18-20H2,1-3H3/b21-17+. The molecule has 0 spiro atoms. The van der Waals surface area contributed by atoms with Crippen molar-refractivity contribution in [1.29, 1.82) is 0 Å². The van der Waals surface area contributed by atoms with Crippen LogP contribution >= 0.6 is 0 Å². The number of amides is 2.